The molecule has 1 fully saturated rings. The number of thiophene rings is 1. The molecule has 5 nitrogen and oxygen atoms in total. The maximum atomic E-state index is 10.4. The molecule has 0 bridgehead atoms. The zero-order valence-electron chi connectivity index (χ0n) is 16.7. The third-order valence-corrected chi connectivity index (χ3v) is 6.01. The largest absolute Gasteiger partial charge is 0.391 e. The van der Waals surface area contributed by atoms with Crippen LogP contribution in [0.25, 0.3) is 0 Å². The minimum Gasteiger partial charge on any atom is -0.391 e. The molecule has 1 saturated heterocycles. The number of aliphatic hydroxyl groups excluding tert-OH is 1. The Morgan fingerprint density at radius 2 is 1.93 bits per heavy atom. The van der Waals surface area contributed by atoms with Gasteiger partial charge in [-0.3, -0.25) is 9.89 Å². The maximum absolute atomic E-state index is 10.4. The highest BCUT2D eigenvalue weighted by molar-refractivity contribution is 7.10. The number of hydrogen-bond donors (Lipinski definition) is 3. The van der Waals surface area contributed by atoms with Crippen LogP contribution in [-0.2, 0) is 6.42 Å². The van der Waals surface area contributed by atoms with Crippen molar-refractivity contribution in [1.82, 2.24) is 15.5 Å². The molecule has 2 aromatic rings. The molecular formula is C22H32N4OS. The number of aliphatic imine (C=N–C) groups is 1. The van der Waals surface area contributed by atoms with Crippen LogP contribution in [0.15, 0.2) is 52.8 Å². The number of benzene rings is 1. The molecule has 3 N–H and O–H groups in total. The fourth-order valence-electron chi connectivity index (χ4n) is 3.63. The van der Waals surface area contributed by atoms with E-state index in [0.717, 1.165) is 37.7 Å². The van der Waals surface area contributed by atoms with Crippen molar-refractivity contribution in [2.75, 3.05) is 32.7 Å². The van der Waals surface area contributed by atoms with Gasteiger partial charge in [-0.05, 0) is 49.9 Å². The molecule has 3 rings (SSSR count). The van der Waals surface area contributed by atoms with Gasteiger partial charge in [0.2, 0.25) is 0 Å². The smallest absolute Gasteiger partial charge is 0.191 e. The van der Waals surface area contributed by atoms with Crippen molar-refractivity contribution in [3.8, 4) is 0 Å². The number of rotatable bonds is 9. The van der Waals surface area contributed by atoms with Gasteiger partial charge in [-0.25, -0.2) is 0 Å². The summed E-state index contributed by atoms with van der Waals surface area (Å²) in [5.74, 6) is 0.773. The molecule has 2 heterocycles. The fourth-order valence-corrected chi connectivity index (χ4v) is 4.49. The monoisotopic (exact) mass is 400 g/mol. The van der Waals surface area contributed by atoms with Crippen LogP contribution in [0, 0.1) is 0 Å². The average Bonchev–Trinajstić information content (AvgIpc) is 3.42. The summed E-state index contributed by atoms with van der Waals surface area (Å²) >= 11 is 1.82. The number of hydrogen-bond acceptors (Lipinski definition) is 4. The van der Waals surface area contributed by atoms with E-state index in [9.17, 15) is 5.11 Å². The molecule has 0 spiro atoms. The molecule has 0 aliphatic carbocycles. The molecule has 0 amide bonds. The summed E-state index contributed by atoms with van der Waals surface area (Å²) in [5, 5.41) is 19.3. The van der Waals surface area contributed by atoms with Gasteiger partial charge < -0.3 is 15.7 Å². The molecular weight excluding hydrogens is 368 g/mol. The van der Waals surface area contributed by atoms with E-state index in [-0.39, 0.29) is 0 Å². The molecule has 0 saturated carbocycles. The van der Waals surface area contributed by atoms with Crippen LogP contribution in [0.4, 0.5) is 0 Å². The average molecular weight is 401 g/mol. The van der Waals surface area contributed by atoms with Crippen LogP contribution < -0.4 is 10.6 Å². The summed E-state index contributed by atoms with van der Waals surface area (Å²) in [4.78, 5) is 8.58. The van der Waals surface area contributed by atoms with Crippen molar-refractivity contribution in [3.05, 3.63) is 58.3 Å². The standard InChI is InChI=1S/C22H32N4OS/c1-2-23-22(24-16-19(27)15-18-9-4-3-5-10-18)25-17-20(21-11-8-14-28-21)26-12-6-7-13-26/h3-5,8-11,14,19-20,27H,2,6-7,12-13,15-17H2,1H3,(H2,23,24,25). The van der Waals surface area contributed by atoms with E-state index in [4.69, 9.17) is 0 Å². The van der Waals surface area contributed by atoms with Crippen LogP contribution in [0.1, 0.15) is 36.2 Å². The van der Waals surface area contributed by atoms with Gasteiger partial charge in [-0.2, -0.15) is 0 Å². The molecule has 1 aromatic heterocycles. The van der Waals surface area contributed by atoms with Gasteiger partial charge in [0.1, 0.15) is 0 Å². The first kappa shape index (κ1) is 20.8. The first-order chi connectivity index (χ1) is 13.8. The topological polar surface area (TPSA) is 59.9 Å². The van der Waals surface area contributed by atoms with Gasteiger partial charge in [-0.1, -0.05) is 36.4 Å². The number of likely N-dealkylation sites (tertiary alicyclic amines) is 1. The lowest BCUT2D eigenvalue weighted by Crippen LogP contribution is -2.43. The molecule has 2 unspecified atom stereocenters. The SMILES string of the molecule is CCNC(=NCC(O)Cc1ccccc1)NCC(c1cccs1)N1CCCC1. The van der Waals surface area contributed by atoms with E-state index in [1.807, 2.05) is 41.7 Å². The molecule has 1 aliphatic heterocycles. The molecule has 1 aromatic carbocycles. The lowest BCUT2D eigenvalue weighted by atomic mass is 10.1. The second-order valence-corrected chi connectivity index (χ2v) is 8.20. The zero-order chi connectivity index (χ0) is 19.6. The van der Waals surface area contributed by atoms with Gasteiger partial charge in [0.15, 0.2) is 5.96 Å². The lowest BCUT2D eigenvalue weighted by molar-refractivity contribution is 0.183. The molecule has 2 atom stereocenters. The Morgan fingerprint density at radius 3 is 2.61 bits per heavy atom. The Hall–Kier alpha value is -1.89. The van der Waals surface area contributed by atoms with E-state index in [1.54, 1.807) is 0 Å². The number of guanidine groups is 1. The van der Waals surface area contributed by atoms with Gasteiger partial charge in [0.05, 0.1) is 18.7 Å². The van der Waals surface area contributed by atoms with Crippen molar-refractivity contribution in [1.29, 1.82) is 0 Å². The van der Waals surface area contributed by atoms with E-state index in [0.29, 0.717) is 19.0 Å². The Kier molecular flexibility index (Phi) is 8.33. The number of nitrogens with one attached hydrogen (secondary N) is 2. The van der Waals surface area contributed by atoms with Crippen LogP contribution in [0.5, 0.6) is 0 Å². The zero-order valence-corrected chi connectivity index (χ0v) is 17.5. The highest BCUT2D eigenvalue weighted by atomic mass is 32.1. The van der Waals surface area contributed by atoms with Gasteiger partial charge in [0.25, 0.3) is 0 Å². The molecule has 6 heteroatoms. The molecule has 1 aliphatic rings. The van der Waals surface area contributed by atoms with Gasteiger partial charge in [-0.15, -0.1) is 11.3 Å². The maximum Gasteiger partial charge on any atom is 0.191 e. The third-order valence-electron chi connectivity index (χ3n) is 5.03. The van der Waals surface area contributed by atoms with Crippen LogP contribution in [-0.4, -0.2) is 54.8 Å². The quantitative estimate of drug-likeness (QED) is 0.447. The summed E-state index contributed by atoms with van der Waals surface area (Å²) in [6, 6.07) is 14.8. The fraction of sp³-hybridized carbons (Fsp3) is 0.500. The van der Waals surface area contributed by atoms with Crippen molar-refractivity contribution in [3.63, 3.8) is 0 Å². The van der Waals surface area contributed by atoms with E-state index >= 15 is 0 Å². The van der Waals surface area contributed by atoms with Crippen molar-refractivity contribution in [2.24, 2.45) is 4.99 Å². The minimum atomic E-state index is -0.482. The molecule has 0 radical (unpaired) electrons. The Morgan fingerprint density at radius 1 is 1.14 bits per heavy atom. The Balaban J connectivity index is 1.57. The van der Waals surface area contributed by atoms with Crippen molar-refractivity contribution in [2.45, 2.75) is 38.3 Å². The predicted octanol–water partition coefficient (Wildman–Crippen LogP) is 3.04. The third kappa shape index (κ3) is 6.33. The summed E-state index contributed by atoms with van der Waals surface area (Å²) in [7, 11) is 0. The molecule has 152 valence electrons. The van der Waals surface area contributed by atoms with Crippen LogP contribution in [0.3, 0.4) is 0 Å². The first-order valence-corrected chi connectivity index (χ1v) is 11.2. The summed E-state index contributed by atoms with van der Waals surface area (Å²) in [6.07, 6.45) is 2.70. The van der Waals surface area contributed by atoms with E-state index in [2.05, 4.69) is 45.0 Å². The second-order valence-electron chi connectivity index (χ2n) is 7.22. The first-order valence-electron chi connectivity index (χ1n) is 10.3. The summed E-state index contributed by atoms with van der Waals surface area (Å²) in [6.45, 7) is 6.39. The van der Waals surface area contributed by atoms with Crippen molar-refractivity contribution < 1.29 is 5.11 Å². The number of aliphatic hydroxyl groups is 1. The van der Waals surface area contributed by atoms with Gasteiger partial charge >= 0.3 is 0 Å². The van der Waals surface area contributed by atoms with Crippen LogP contribution in [0.2, 0.25) is 0 Å². The lowest BCUT2D eigenvalue weighted by Gasteiger charge is -2.27. The summed E-state index contributed by atoms with van der Waals surface area (Å²) < 4.78 is 0. The highest BCUT2D eigenvalue weighted by Crippen LogP contribution is 2.27. The molecule has 28 heavy (non-hydrogen) atoms. The number of nitrogens with zero attached hydrogens (tertiary/aromatic N) is 2. The van der Waals surface area contributed by atoms with Crippen LogP contribution >= 0.6 is 11.3 Å². The highest BCUT2D eigenvalue weighted by Gasteiger charge is 2.24. The van der Waals surface area contributed by atoms with Crippen molar-refractivity contribution >= 4 is 17.3 Å². The Labute approximate surface area is 172 Å². The van der Waals surface area contributed by atoms with E-state index in [1.165, 1.54) is 17.7 Å². The normalized spacial score (nSPS) is 17.4. The second kappa shape index (κ2) is 11.2. The van der Waals surface area contributed by atoms with Gasteiger partial charge in [0, 0.05) is 24.4 Å². The predicted molar refractivity (Wildman–Crippen MR) is 118 cm³/mol. The minimum absolute atomic E-state index is 0.376. The summed E-state index contributed by atoms with van der Waals surface area (Å²) in [5.41, 5.74) is 1.13. The van der Waals surface area contributed by atoms with E-state index < -0.39 is 6.10 Å². The Bertz CT molecular complexity index is 699.